The van der Waals surface area contributed by atoms with Crippen LogP contribution in [0.4, 0.5) is 10.8 Å². The lowest BCUT2D eigenvalue weighted by molar-refractivity contribution is -0.125. The molecule has 5 rings (SSSR count). The smallest absolute Gasteiger partial charge is 0.273 e. The molecule has 4 heterocycles. The molecule has 12 heteroatoms. The van der Waals surface area contributed by atoms with Crippen molar-refractivity contribution >= 4 is 44.3 Å². The van der Waals surface area contributed by atoms with Gasteiger partial charge in [0.1, 0.15) is 30.8 Å². The first-order chi connectivity index (χ1) is 17.0. The van der Waals surface area contributed by atoms with Crippen LogP contribution in [-0.2, 0) is 16.1 Å². The molecule has 1 fully saturated rings. The summed E-state index contributed by atoms with van der Waals surface area (Å²) in [6, 6.07) is 5.15. The second-order valence-electron chi connectivity index (χ2n) is 8.41. The normalized spacial score (nSPS) is 17.3. The van der Waals surface area contributed by atoms with Crippen molar-refractivity contribution in [2.24, 2.45) is 5.92 Å². The van der Waals surface area contributed by atoms with Gasteiger partial charge in [-0.05, 0) is 31.9 Å². The van der Waals surface area contributed by atoms with Crippen LogP contribution in [0, 0.1) is 5.92 Å². The maximum absolute atomic E-state index is 13.1. The first-order valence-corrected chi connectivity index (χ1v) is 12.4. The van der Waals surface area contributed by atoms with Crippen molar-refractivity contribution in [1.29, 1.82) is 0 Å². The predicted molar refractivity (Wildman–Crippen MR) is 131 cm³/mol. The Kier molecular flexibility index (Phi) is 6.53. The lowest BCUT2D eigenvalue weighted by Gasteiger charge is -2.31. The maximum Gasteiger partial charge on any atom is 0.273 e. The lowest BCUT2D eigenvalue weighted by atomic mass is 9.97. The molecular formula is C23H26N6O5S. The second kappa shape index (κ2) is 9.90. The van der Waals surface area contributed by atoms with Gasteiger partial charge in [-0.3, -0.25) is 19.0 Å². The van der Waals surface area contributed by atoms with E-state index in [2.05, 4.69) is 20.6 Å². The zero-order valence-electron chi connectivity index (χ0n) is 19.3. The van der Waals surface area contributed by atoms with Gasteiger partial charge in [-0.25, -0.2) is 4.98 Å². The molecule has 0 aliphatic carbocycles. The lowest BCUT2D eigenvalue weighted by Crippen LogP contribution is -2.43. The van der Waals surface area contributed by atoms with Crippen LogP contribution in [0.5, 0.6) is 11.5 Å². The number of anilines is 2. The fourth-order valence-electron chi connectivity index (χ4n) is 4.24. The Labute approximate surface area is 205 Å². The molecule has 1 saturated heterocycles. The van der Waals surface area contributed by atoms with Crippen LogP contribution in [0.3, 0.4) is 0 Å². The molecule has 35 heavy (non-hydrogen) atoms. The van der Waals surface area contributed by atoms with E-state index in [1.165, 1.54) is 22.2 Å². The summed E-state index contributed by atoms with van der Waals surface area (Å²) in [4.78, 5) is 48.8. The van der Waals surface area contributed by atoms with Gasteiger partial charge < -0.3 is 25.0 Å². The fourth-order valence-corrected chi connectivity index (χ4v) is 5.25. The molecule has 2 amide bonds. The number of rotatable bonds is 6. The van der Waals surface area contributed by atoms with Crippen molar-refractivity contribution in [1.82, 2.24) is 19.9 Å². The fraction of sp³-hybridized carbons (Fsp3) is 0.435. The number of aromatic nitrogens is 3. The molecule has 0 radical (unpaired) electrons. The molecule has 184 valence electrons. The summed E-state index contributed by atoms with van der Waals surface area (Å²) < 4.78 is 12.7. The molecule has 0 saturated carbocycles. The number of carbonyl (C=O) groups excluding carboxylic acids is 2. The number of benzene rings is 1. The Bertz CT molecular complexity index is 1320. The van der Waals surface area contributed by atoms with Gasteiger partial charge in [-0.15, -0.1) is 0 Å². The van der Waals surface area contributed by atoms with Crippen LogP contribution < -0.4 is 30.6 Å². The third-order valence-electron chi connectivity index (χ3n) is 5.93. The average Bonchev–Trinajstić information content (AvgIpc) is 3.31. The van der Waals surface area contributed by atoms with E-state index in [0.29, 0.717) is 59.0 Å². The number of thiazole rings is 1. The third-order valence-corrected chi connectivity index (χ3v) is 7.02. The summed E-state index contributed by atoms with van der Waals surface area (Å²) in [5.74, 6) is 0.772. The highest BCUT2D eigenvalue weighted by molar-refractivity contribution is 7.22. The van der Waals surface area contributed by atoms with E-state index < -0.39 is 0 Å². The van der Waals surface area contributed by atoms with E-state index >= 15 is 0 Å². The molecule has 2 aliphatic rings. The van der Waals surface area contributed by atoms with Gasteiger partial charge in [-0.2, -0.15) is 4.98 Å². The molecular weight excluding hydrogens is 472 g/mol. The Hall–Kier alpha value is -3.67. The van der Waals surface area contributed by atoms with E-state index in [-0.39, 0.29) is 29.8 Å². The molecule has 3 aromatic rings. The Morgan fingerprint density at radius 3 is 2.89 bits per heavy atom. The Balaban J connectivity index is 1.29. The van der Waals surface area contributed by atoms with Crippen molar-refractivity contribution in [2.45, 2.75) is 26.3 Å². The highest BCUT2D eigenvalue weighted by Crippen LogP contribution is 2.32. The van der Waals surface area contributed by atoms with E-state index in [1.54, 1.807) is 18.2 Å². The number of nitrogens with zero attached hydrogens (tertiary/aromatic N) is 4. The van der Waals surface area contributed by atoms with Crippen molar-refractivity contribution in [3.8, 4) is 11.5 Å². The van der Waals surface area contributed by atoms with Gasteiger partial charge in [0.05, 0.1) is 5.92 Å². The number of ether oxygens (including phenoxy) is 2. The largest absolute Gasteiger partial charge is 0.486 e. The SMILES string of the molecule is CCNC(=O)[C@H]1CCCN(c2nc3ncn(CC(=O)Nc4ccc5c(c4)OCCO5)c(=O)c3s2)C1. The van der Waals surface area contributed by atoms with Gasteiger partial charge in [0, 0.05) is 31.4 Å². The van der Waals surface area contributed by atoms with Gasteiger partial charge in [-0.1, -0.05) is 11.3 Å². The molecule has 1 atom stereocenters. The first kappa shape index (κ1) is 23.1. The minimum absolute atomic E-state index is 0.0443. The zero-order valence-corrected chi connectivity index (χ0v) is 20.1. The van der Waals surface area contributed by atoms with Crippen molar-refractivity contribution < 1.29 is 19.1 Å². The predicted octanol–water partition coefficient (Wildman–Crippen LogP) is 1.62. The topological polar surface area (TPSA) is 128 Å². The summed E-state index contributed by atoms with van der Waals surface area (Å²) in [6.07, 6.45) is 3.04. The van der Waals surface area contributed by atoms with Crippen LogP contribution in [0.15, 0.2) is 29.3 Å². The first-order valence-electron chi connectivity index (χ1n) is 11.6. The van der Waals surface area contributed by atoms with E-state index in [4.69, 9.17) is 9.47 Å². The molecule has 2 N–H and O–H groups in total. The van der Waals surface area contributed by atoms with Gasteiger partial charge in [0.2, 0.25) is 11.8 Å². The zero-order chi connectivity index (χ0) is 24.4. The number of hydrogen-bond acceptors (Lipinski definition) is 9. The second-order valence-corrected chi connectivity index (χ2v) is 9.39. The molecule has 0 unspecified atom stereocenters. The monoisotopic (exact) mass is 498 g/mol. The molecule has 11 nitrogen and oxygen atoms in total. The van der Waals surface area contributed by atoms with Crippen LogP contribution in [0.1, 0.15) is 19.8 Å². The summed E-state index contributed by atoms with van der Waals surface area (Å²) in [5, 5.41) is 6.32. The number of piperidine rings is 1. The Morgan fingerprint density at radius 1 is 1.23 bits per heavy atom. The molecule has 2 aromatic heterocycles. The van der Waals surface area contributed by atoms with Crippen LogP contribution >= 0.6 is 11.3 Å². The molecule has 1 aromatic carbocycles. The quantitative estimate of drug-likeness (QED) is 0.525. The van der Waals surface area contributed by atoms with Crippen molar-refractivity contribution in [2.75, 3.05) is 43.1 Å². The minimum atomic E-state index is -0.365. The highest BCUT2D eigenvalue weighted by Gasteiger charge is 2.27. The van der Waals surface area contributed by atoms with Crippen molar-refractivity contribution in [3.63, 3.8) is 0 Å². The van der Waals surface area contributed by atoms with Gasteiger partial charge >= 0.3 is 0 Å². The van der Waals surface area contributed by atoms with E-state index in [1.807, 2.05) is 11.8 Å². The standard InChI is InChI=1S/C23H26N6O5S/c1-2-24-21(31)14-4-3-7-28(11-14)23-27-20-19(35-23)22(32)29(13-25-20)12-18(30)26-15-5-6-16-17(10-15)34-9-8-33-16/h5-6,10,13-14H,2-4,7-9,11-12H2,1H3,(H,24,31)(H,26,30)/t14-/m0/s1. The van der Waals surface area contributed by atoms with E-state index in [0.717, 1.165) is 19.4 Å². The van der Waals surface area contributed by atoms with Crippen LogP contribution in [0.25, 0.3) is 10.3 Å². The number of hydrogen-bond donors (Lipinski definition) is 2. The van der Waals surface area contributed by atoms with Gasteiger partial charge in [0.15, 0.2) is 22.3 Å². The number of carbonyl (C=O) groups is 2. The minimum Gasteiger partial charge on any atom is -0.486 e. The number of fused-ring (bicyclic) bond motifs is 2. The third kappa shape index (κ3) is 4.92. The molecule has 0 bridgehead atoms. The highest BCUT2D eigenvalue weighted by atomic mass is 32.1. The average molecular weight is 499 g/mol. The van der Waals surface area contributed by atoms with Crippen LogP contribution in [-0.4, -0.2) is 59.2 Å². The number of amides is 2. The molecule has 2 aliphatic heterocycles. The maximum atomic E-state index is 13.1. The van der Waals surface area contributed by atoms with Crippen LogP contribution in [0.2, 0.25) is 0 Å². The summed E-state index contributed by atoms with van der Waals surface area (Å²) in [5.41, 5.74) is 0.570. The van der Waals surface area contributed by atoms with Gasteiger partial charge in [0.25, 0.3) is 5.56 Å². The Morgan fingerprint density at radius 2 is 2.06 bits per heavy atom. The van der Waals surface area contributed by atoms with Crippen molar-refractivity contribution in [3.05, 3.63) is 34.9 Å². The summed E-state index contributed by atoms with van der Waals surface area (Å²) >= 11 is 1.24. The summed E-state index contributed by atoms with van der Waals surface area (Å²) in [6.45, 7) is 4.57. The number of nitrogens with one attached hydrogen (secondary N) is 2. The van der Waals surface area contributed by atoms with E-state index in [9.17, 15) is 14.4 Å². The molecule has 0 spiro atoms. The summed E-state index contributed by atoms with van der Waals surface area (Å²) in [7, 11) is 0.